The van der Waals surface area contributed by atoms with Gasteiger partial charge in [0.05, 0.1) is 0 Å². The van der Waals surface area contributed by atoms with Crippen LogP contribution >= 0.6 is 0 Å². The topological polar surface area (TPSA) is 0 Å². The maximum absolute atomic E-state index is 0. The SMILES string of the molecule is [Ca+2].[Ca+2].[Fe].[Fe].[H-].[H-].[H-].[H-]. The summed E-state index contributed by atoms with van der Waals surface area (Å²) in [5.41, 5.74) is 0. The van der Waals surface area contributed by atoms with E-state index in [0.29, 0.717) is 0 Å². The van der Waals surface area contributed by atoms with Crippen LogP contribution in [0.25, 0.3) is 0 Å². The Hall–Kier alpha value is 3.56. The van der Waals surface area contributed by atoms with Crippen LogP contribution in [0.4, 0.5) is 0 Å². The minimum atomic E-state index is 0. The minimum absolute atomic E-state index is 0. The summed E-state index contributed by atoms with van der Waals surface area (Å²) in [4.78, 5) is 0. The van der Waals surface area contributed by atoms with Crippen molar-refractivity contribution in [3.63, 3.8) is 0 Å². The molecule has 0 unspecified atom stereocenters. The van der Waals surface area contributed by atoms with Crippen molar-refractivity contribution >= 4 is 75.5 Å². The summed E-state index contributed by atoms with van der Waals surface area (Å²) < 4.78 is 0. The van der Waals surface area contributed by atoms with Gasteiger partial charge in [-0.15, -0.1) is 0 Å². The van der Waals surface area contributed by atoms with E-state index in [1.54, 1.807) is 0 Å². The van der Waals surface area contributed by atoms with Crippen LogP contribution < -0.4 is 0 Å². The van der Waals surface area contributed by atoms with Gasteiger partial charge in [-0.2, -0.15) is 0 Å². The second-order valence-corrected chi connectivity index (χ2v) is 0. The molecular weight excluding hydrogens is 192 g/mol. The predicted octanol–water partition coefficient (Wildman–Crippen LogP) is -0.317. The van der Waals surface area contributed by atoms with Crippen molar-refractivity contribution in [3.05, 3.63) is 0 Å². The molecule has 0 aromatic rings. The Bertz CT molecular complexity index is 12.0. The van der Waals surface area contributed by atoms with E-state index in [0.717, 1.165) is 0 Å². The molecule has 0 spiro atoms. The second-order valence-electron chi connectivity index (χ2n) is 0. The summed E-state index contributed by atoms with van der Waals surface area (Å²) in [6.45, 7) is 0. The van der Waals surface area contributed by atoms with Crippen molar-refractivity contribution < 1.29 is 39.8 Å². The minimum Gasteiger partial charge on any atom is -1.00 e. The summed E-state index contributed by atoms with van der Waals surface area (Å²) in [7, 11) is 0. The van der Waals surface area contributed by atoms with Crippen LogP contribution in [0.3, 0.4) is 0 Å². The summed E-state index contributed by atoms with van der Waals surface area (Å²) in [5.74, 6) is 0. The van der Waals surface area contributed by atoms with Crippen LogP contribution in [-0.2, 0) is 34.1 Å². The quantitative estimate of drug-likeness (QED) is 0.466. The molecule has 4 heavy (non-hydrogen) atoms. The molecule has 0 atom stereocenters. The number of hydrogen-bond donors (Lipinski definition) is 0. The standard InChI is InChI=1S/2Ca.2Fe.4H/q2*+2;;;4*-1. The summed E-state index contributed by atoms with van der Waals surface area (Å²) >= 11 is 0. The van der Waals surface area contributed by atoms with E-state index in [4.69, 9.17) is 0 Å². The van der Waals surface area contributed by atoms with Gasteiger partial charge in [-0.1, -0.05) is 0 Å². The van der Waals surface area contributed by atoms with Crippen molar-refractivity contribution in [1.82, 2.24) is 0 Å². The van der Waals surface area contributed by atoms with Crippen LogP contribution in [0.5, 0.6) is 0 Å². The van der Waals surface area contributed by atoms with Crippen LogP contribution in [0.2, 0.25) is 0 Å². The fraction of sp³-hybridized carbons (Fsp3) is 0. The average molecular weight is 196 g/mol. The molecule has 24 valence electrons. The van der Waals surface area contributed by atoms with E-state index >= 15 is 0 Å². The van der Waals surface area contributed by atoms with E-state index in [1.165, 1.54) is 0 Å². The maximum Gasteiger partial charge on any atom is 2.00 e. The predicted molar refractivity (Wildman–Crippen MR) is 16.0 cm³/mol. The fourth-order valence-electron chi connectivity index (χ4n) is 0. The Balaban J connectivity index is 0. The average Bonchev–Trinajstić information content (AvgIpc) is 0. The first-order valence-electron chi connectivity index (χ1n) is 0. The van der Waals surface area contributed by atoms with E-state index in [1.807, 2.05) is 0 Å². The van der Waals surface area contributed by atoms with Crippen molar-refractivity contribution in [3.8, 4) is 0 Å². The van der Waals surface area contributed by atoms with Crippen molar-refractivity contribution in [2.24, 2.45) is 0 Å². The molecule has 0 amide bonds. The van der Waals surface area contributed by atoms with Crippen LogP contribution in [0.1, 0.15) is 5.71 Å². The molecule has 0 bridgehead atoms. The zero-order valence-electron chi connectivity index (χ0n) is 6.12. The molecule has 0 heterocycles. The maximum atomic E-state index is 0. The Morgan fingerprint density at radius 1 is 0.750 bits per heavy atom. The smallest absolute Gasteiger partial charge is 1.00 e. The van der Waals surface area contributed by atoms with Gasteiger partial charge in [-0.25, -0.2) is 0 Å². The Morgan fingerprint density at radius 3 is 0.750 bits per heavy atom. The van der Waals surface area contributed by atoms with Gasteiger partial charge >= 0.3 is 75.5 Å². The molecule has 0 saturated heterocycles. The van der Waals surface area contributed by atoms with Crippen molar-refractivity contribution in [1.29, 1.82) is 0 Å². The zero-order valence-corrected chi connectivity index (χ0v) is 8.75. The molecule has 0 radical (unpaired) electrons. The molecule has 0 nitrogen and oxygen atoms in total. The Kier molecular flexibility index (Phi) is 103. The first-order chi connectivity index (χ1) is 0. The molecule has 4 heteroatoms. The van der Waals surface area contributed by atoms with Gasteiger partial charge < -0.3 is 5.71 Å². The van der Waals surface area contributed by atoms with Gasteiger partial charge in [0.15, 0.2) is 0 Å². The first-order valence-corrected chi connectivity index (χ1v) is 0. The molecule has 0 aromatic heterocycles. The third-order valence-electron chi connectivity index (χ3n) is 0. The van der Waals surface area contributed by atoms with Gasteiger partial charge in [0.25, 0.3) is 0 Å². The van der Waals surface area contributed by atoms with E-state index in [2.05, 4.69) is 0 Å². The van der Waals surface area contributed by atoms with Crippen molar-refractivity contribution in [2.75, 3.05) is 0 Å². The molecule has 0 aliphatic carbocycles. The third-order valence-corrected chi connectivity index (χ3v) is 0. The molecular formula is H4Ca2Fe2. The van der Waals surface area contributed by atoms with Gasteiger partial charge in [-0.05, 0) is 0 Å². The summed E-state index contributed by atoms with van der Waals surface area (Å²) in [6, 6.07) is 0. The van der Waals surface area contributed by atoms with Gasteiger partial charge in [-0.3, -0.25) is 0 Å². The van der Waals surface area contributed by atoms with Gasteiger partial charge in [0.1, 0.15) is 0 Å². The summed E-state index contributed by atoms with van der Waals surface area (Å²) in [6.07, 6.45) is 0. The van der Waals surface area contributed by atoms with E-state index in [-0.39, 0.29) is 115 Å². The van der Waals surface area contributed by atoms with E-state index < -0.39 is 0 Å². The van der Waals surface area contributed by atoms with E-state index in [9.17, 15) is 0 Å². The molecule has 0 fully saturated rings. The molecule has 0 aliphatic rings. The molecule has 0 aromatic carbocycles. The molecule has 0 saturated carbocycles. The fourth-order valence-corrected chi connectivity index (χ4v) is 0. The molecule has 0 rings (SSSR count). The first kappa shape index (κ1) is 25.7. The van der Waals surface area contributed by atoms with Crippen LogP contribution in [-0.4, -0.2) is 75.5 Å². The Labute approximate surface area is 113 Å². The second kappa shape index (κ2) is 16.0. The van der Waals surface area contributed by atoms with Gasteiger partial charge in [0, 0.05) is 34.1 Å². The van der Waals surface area contributed by atoms with Crippen LogP contribution in [0.15, 0.2) is 0 Å². The Morgan fingerprint density at radius 2 is 0.750 bits per heavy atom. The number of hydrogen-bond acceptors (Lipinski definition) is 0. The third kappa shape index (κ3) is 9.12. The van der Waals surface area contributed by atoms with Gasteiger partial charge in [0.2, 0.25) is 0 Å². The molecule has 0 aliphatic heterocycles. The monoisotopic (exact) mass is 196 g/mol. The largest absolute Gasteiger partial charge is 2.00 e. The normalized spacial score (nSPS) is 0. The zero-order chi connectivity index (χ0) is 0. The van der Waals surface area contributed by atoms with Crippen LogP contribution in [0, 0.1) is 0 Å². The number of rotatable bonds is 0. The molecule has 0 N–H and O–H groups in total. The van der Waals surface area contributed by atoms with Crippen molar-refractivity contribution in [2.45, 2.75) is 0 Å². The summed E-state index contributed by atoms with van der Waals surface area (Å²) in [5, 5.41) is 0.